The summed E-state index contributed by atoms with van der Waals surface area (Å²) in [4.78, 5) is 11.2. The molecular formula is C8H14F2N2O2. The predicted octanol–water partition coefficient (Wildman–Crippen LogP) is -0.124. The minimum atomic E-state index is -3.03. The largest absolute Gasteiger partial charge is 0.368 e. The number of ether oxygens (including phenoxy) is 1. The number of rotatable bonds is 4. The molecule has 1 amide bonds. The third-order valence-corrected chi connectivity index (χ3v) is 2.04. The first-order valence-electron chi connectivity index (χ1n) is 4.52. The van der Waals surface area contributed by atoms with Crippen molar-refractivity contribution in [1.29, 1.82) is 0 Å². The third kappa shape index (κ3) is 3.19. The summed E-state index contributed by atoms with van der Waals surface area (Å²) in [5.74, 6) is -3.51. The van der Waals surface area contributed by atoms with Gasteiger partial charge in [0.25, 0.3) is 5.92 Å². The number of nitrogens with one attached hydrogen (secondary N) is 1. The zero-order valence-electron chi connectivity index (χ0n) is 7.76. The Morgan fingerprint density at radius 2 is 2.36 bits per heavy atom. The van der Waals surface area contributed by atoms with E-state index in [2.05, 4.69) is 5.32 Å². The highest BCUT2D eigenvalue weighted by Gasteiger charge is 2.30. The minimum absolute atomic E-state index is 0.476. The second-order valence-corrected chi connectivity index (χ2v) is 3.28. The predicted molar refractivity (Wildman–Crippen MR) is 46.0 cm³/mol. The summed E-state index contributed by atoms with van der Waals surface area (Å²) in [7, 11) is 0. The van der Waals surface area contributed by atoms with Crippen molar-refractivity contribution >= 4 is 5.91 Å². The van der Waals surface area contributed by atoms with Crippen LogP contribution < -0.4 is 11.1 Å². The van der Waals surface area contributed by atoms with Crippen LogP contribution in [0.5, 0.6) is 0 Å². The molecular weight excluding hydrogens is 194 g/mol. The minimum Gasteiger partial charge on any atom is -0.368 e. The molecule has 0 aromatic carbocycles. The van der Waals surface area contributed by atoms with Crippen molar-refractivity contribution in [3.8, 4) is 0 Å². The first kappa shape index (κ1) is 11.3. The standard InChI is InChI=1S/C8H14F2N2O2/c9-8(10,4-11)5-12-7(13)6-2-1-3-14-6/h6H,1-5,11H2,(H,12,13)/t6-/m0/s1. The van der Waals surface area contributed by atoms with Gasteiger partial charge < -0.3 is 15.8 Å². The number of nitrogens with two attached hydrogens (primary N) is 1. The lowest BCUT2D eigenvalue weighted by atomic mass is 10.2. The van der Waals surface area contributed by atoms with E-state index in [0.29, 0.717) is 13.0 Å². The molecule has 0 aromatic rings. The molecule has 0 aromatic heterocycles. The molecule has 3 N–H and O–H groups in total. The van der Waals surface area contributed by atoms with E-state index in [4.69, 9.17) is 10.5 Å². The van der Waals surface area contributed by atoms with Gasteiger partial charge in [-0.15, -0.1) is 0 Å². The molecule has 1 aliphatic rings. The number of amides is 1. The quantitative estimate of drug-likeness (QED) is 0.676. The summed E-state index contributed by atoms with van der Waals surface area (Å²) in [6.07, 6.45) is 0.828. The lowest BCUT2D eigenvalue weighted by Gasteiger charge is -2.16. The molecule has 1 saturated heterocycles. The molecule has 1 fully saturated rings. The lowest BCUT2D eigenvalue weighted by Crippen LogP contribution is -2.44. The zero-order valence-corrected chi connectivity index (χ0v) is 7.76. The smallest absolute Gasteiger partial charge is 0.277 e. The monoisotopic (exact) mass is 208 g/mol. The Morgan fingerprint density at radius 1 is 1.64 bits per heavy atom. The van der Waals surface area contributed by atoms with E-state index < -0.39 is 31.0 Å². The first-order valence-corrected chi connectivity index (χ1v) is 4.52. The Bertz CT molecular complexity index is 206. The molecule has 0 radical (unpaired) electrons. The van der Waals surface area contributed by atoms with E-state index in [1.807, 2.05) is 0 Å². The van der Waals surface area contributed by atoms with Gasteiger partial charge in [-0.05, 0) is 12.8 Å². The van der Waals surface area contributed by atoms with Crippen molar-refractivity contribution in [2.45, 2.75) is 24.9 Å². The van der Waals surface area contributed by atoms with Crippen LogP contribution in [0.25, 0.3) is 0 Å². The number of hydrogen-bond donors (Lipinski definition) is 2. The van der Waals surface area contributed by atoms with Gasteiger partial charge in [0.1, 0.15) is 6.10 Å². The summed E-state index contributed by atoms with van der Waals surface area (Å²) in [6.45, 7) is -0.966. The Balaban J connectivity index is 2.27. The Hall–Kier alpha value is -0.750. The van der Waals surface area contributed by atoms with Crippen LogP contribution in [0.4, 0.5) is 8.78 Å². The summed E-state index contributed by atoms with van der Waals surface area (Å²) < 4.78 is 30.3. The van der Waals surface area contributed by atoms with Gasteiger partial charge in [0.15, 0.2) is 0 Å². The molecule has 0 unspecified atom stereocenters. The van der Waals surface area contributed by atoms with Gasteiger partial charge in [0.2, 0.25) is 5.91 Å². The molecule has 0 aliphatic carbocycles. The lowest BCUT2D eigenvalue weighted by molar-refractivity contribution is -0.131. The zero-order chi connectivity index (χ0) is 10.6. The molecule has 1 heterocycles. The van der Waals surface area contributed by atoms with Crippen LogP contribution in [0.2, 0.25) is 0 Å². The topological polar surface area (TPSA) is 64.3 Å². The molecule has 0 spiro atoms. The van der Waals surface area contributed by atoms with Gasteiger partial charge in [-0.2, -0.15) is 0 Å². The fourth-order valence-corrected chi connectivity index (χ4v) is 1.19. The van der Waals surface area contributed by atoms with E-state index in [1.54, 1.807) is 0 Å². The number of hydrogen-bond acceptors (Lipinski definition) is 3. The highest BCUT2D eigenvalue weighted by Crippen LogP contribution is 2.13. The van der Waals surface area contributed by atoms with E-state index in [1.165, 1.54) is 0 Å². The van der Waals surface area contributed by atoms with Crippen LogP contribution in [0.1, 0.15) is 12.8 Å². The summed E-state index contributed by atoms with van der Waals surface area (Å²) in [5.41, 5.74) is 4.81. The molecule has 82 valence electrons. The third-order valence-electron chi connectivity index (χ3n) is 2.04. The number of carbonyl (C=O) groups is 1. The highest BCUT2D eigenvalue weighted by molar-refractivity contribution is 5.80. The van der Waals surface area contributed by atoms with E-state index in [-0.39, 0.29) is 0 Å². The van der Waals surface area contributed by atoms with Gasteiger partial charge >= 0.3 is 0 Å². The second-order valence-electron chi connectivity index (χ2n) is 3.28. The number of halogens is 2. The first-order chi connectivity index (χ1) is 6.55. The van der Waals surface area contributed by atoms with Crippen molar-refractivity contribution in [3.05, 3.63) is 0 Å². The van der Waals surface area contributed by atoms with Gasteiger partial charge in [0.05, 0.1) is 13.1 Å². The van der Waals surface area contributed by atoms with E-state index >= 15 is 0 Å². The van der Waals surface area contributed by atoms with Crippen molar-refractivity contribution in [2.24, 2.45) is 5.73 Å². The molecule has 0 bridgehead atoms. The van der Waals surface area contributed by atoms with Gasteiger partial charge in [0, 0.05) is 6.61 Å². The maximum atomic E-state index is 12.6. The summed E-state index contributed by atoms with van der Waals surface area (Å²) in [6, 6.07) is 0. The van der Waals surface area contributed by atoms with Gasteiger partial charge in [-0.3, -0.25) is 4.79 Å². The molecule has 14 heavy (non-hydrogen) atoms. The van der Waals surface area contributed by atoms with Crippen molar-refractivity contribution in [1.82, 2.24) is 5.32 Å². The van der Waals surface area contributed by atoms with Crippen molar-refractivity contribution < 1.29 is 18.3 Å². The Morgan fingerprint density at radius 3 is 2.86 bits per heavy atom. The molecule has 1 rings (SSSR count). The van der Waals surface area contributed by atoms with Crippen molar-refractivity contribution in [3.63, 3.8) is 0 Å². The summed E-state index contributed by atoms with van der Waals surface area (Å²) >= 11 is 0. The fraction of sp³-hybridized carbons (Fsp3) is 0.875. The number of carbonyl (C=O) groups excluding carboxylic acids is 1. The highest BCUT2D eigenvalue weighted by atomic mass is 19.3. The second kappa shape index (κ2) is 4.65. The normalized spacial score (nSPS) is 22.4. The SMILES string of the molecule is NCC(F)(F)CNC(=O)[C@@H]1CCCO1. The van der Waals surface area contributed by atoms with E-state index in [9.17, 15) is 13.6 Å². The fourth-order valence-electron chi connectivity index (χ4n) is 1.19. The van der Waals surface area contributed by atoms with Crippen LogP contribution >= 0.6 is 0 Å². The van der Waals surface area contributed by atoms with Crippen molar-refractivity contribution in [2.75, 3.05) is 19.7 Å². The van der Waals surface area contributed by atoms with Crippen LogP contribution in [-0.4, -0.2) is 37.6 Å². The molecule has 1 atom stereocenters. The molecule has 6 heteroatoms. The average molecular weight is 208 g/mol. The molecule has 4 nitrogen and oxygen atoms in total. The van der Waals surface area contributed by atoms with E-state index in [0.717, 1.165) is 6.42 Å². The number of alkyl halides is 2. The van der Waals surface area contributed by atoms with Gasteiger partial charge in [-0.1, -0.05) is 0 Å². The Labute approximate surface area is 80.8 Å². The molecule has 0 saturated carbocycles. The van der Waals surface area contributed by atoms with Crippen LogP contribution in [0.3, 0.4) is 0 Å². The van der Waals surface area contributed by atoms with Crippen LogP contribution in [-0.2, 0) is 9.53 Å². The van der Waals surface area contributed by atoms with Gasteiger partial charge in [-0.25, -0.2) is 8.78 Å². The average Bonchev–Trinajstić information content (AvgIpc) is 2.67. The molecule has 1 aliphatic heterocycles. The van der Waals surface area contributed by atoms with Crippen LogP contribution in [0.15, 0.2) is 0 Å². The summed E-state index contributed by atoms with van der Waals surface area (Å²) in [5, 5.41) is 2.12. The maximum absolute atomic E-state index is 12.6. The van der Waals surface area contributed by atoms with Crippen LogP contribution in [0, 0.1) is 0 Å². The maximum Gasteiger partial charge on any atom is 0.277 e. The Kier molecular flexibility index (Phi) is 3.77.